The molecule has 5 nitrogen and oxygen atoms in total. The Kier molecular flexibility index (Phi) is 23.8. The summed E-state index contributed by atoms with van der Waals surface area (Å²) in [7, 11) is 0. The second kappa shape index (κ2) is 24.6. The average molecular weight is 499 g/mol. The first-order chi connectivity index (χ1) is 16.8. The molecule has 5 heteroatoms. The van der Waals surface area contributed by atoms with Crippen LogP contribution in [0, 0.1) is 11.8 Å². The van der Waals surface area contributed by atoms with Gasteiger partial charge in [0.1, 0.15) is 19.3 Å². The zero-order valence-electron chi connectivity index (χ0n) is 23.7. The van der Waals surface area contributed by atoms with Crippen molar-refractivity contribution in [3.63, 3.8) is 0 Å². The molecular formula is C30H58O5. The van der Waals surface area contributed by atoms with E-state index in [2.05, 4.69) is 27.7 Å². The van der Waals surface area contributed by atoms with E-state index in [-0.39, 0.29) is 25.2 Å². The molecular weight excluding hydrogens is 440 g/mol. The highest BCUT2D eigenvalue weighted by Gasteiger charge is 2.12. The molecule has 0 saturated carbocycles. The normalized spacial score (nSPS) is 12.3. The molecule has 0 aromatic rings. The summed E-state index contributed by atoms with van der Waals surface area (Å²) >= 11 is 0. The molecule has 0 fully saturated rings. The summed E-state index contributed by atoms with van der Waals surface area (Å²) in [6, 6.07) is 0. The minimum Gasteiger partial charge on any atom is -0.463 e. The maximum atomic E-state index is 11.8. The van der Waals surface area contributed by atoms with Gasteiger partial charge < -0.3 is 14.6 Å². The van der Waals surface area contributed by atoms with E-state index in [1.54, 1.807) is 0 Å². The van der Waals surface area contributed by atoms with Crippen LogP contribution in [0.15, 0.2) is 0 Å². The summed E-state index contributed by atoms with van der Waals surface area (Å²) in [5.41, 5.74) is 0. The summed E-state index contributed by atoms with van der Waals surface area (Å²) in [6.07, 6.45) is 20.2. The van der Waals surface area contributed by atoms with Crippen molar-refractivity contribution in [2.24, 2.45) is 11.8 Å². The molecule has 0 rings (SSSR count). The first-order valence-electron chi connectivity index (χ1n) is 14.8. The van der Waals surface area contributed by atoms with Gasteiger partial charge in [-0.15, -0.1) is 0 Å². The molecule has 0 aromatic carbocycles. The SMILES string of the molecule is CC(C)CCCCCCCCCCCC(=O)OC[C@H](O)COC(=O)CCCCCCCCC(C)C. The Morgan fingerprint density at radius 3 is 1.11 bits per heavy atom. The van der Waals surface area contributed by atoms with E-state index in [1.807, 2.05) is 0 Å². The minimum atomic E-state index is -0.954. The molecule has 0 amide bonds. The van der Waals surface area contributed by atoms with Crippen molar-refractivity contribution in [1.82, 2.24) is 0 Å². The van der Waals surface area contributed by atoms with E-state index >= 15 is 0 Å². The van der Waals surface area contributed by atoms with Crippen molar-refractivity contribution in [3.05, 3.63) is 0 Å². The molecule has 0 aliphatic heterocycles. The van der Waals surface area contributed by atoms with Gasteiger partial charge in [-0.25, -0.2) is 0 Å². The van der Waals surface area contributed by atoms with Crippen molar-refractivity contribution in [3.8, 4) is 0 Å². The Labute approximate surface area is 217 Å². The van der Waals surface area contributed by atoms with Crippen LogP contribution in [0.2, 0.25) is 0 Å². The van der Waals surface area contributed by atoms with Crippen LogP contribution < -0.4 is 0 Å². The maximum absolute atomic E-state index is 11.8. The molecule has 0 unspecified atom stereocenters. The van der Waals surface area contributed by atoms with Crippen LogP contribution in [-0.4, -0.2) is 36.4 Å². The molecule has 1 atom stereocenters. The molecule has 208 valence electrons. The fourth-order valence-corrected chi connectivity index (χ4v) is 4.16. The number of hydrogen-bond donors (Lipinski definition) is 1. The number of rotatable bonds is 25. The molecule has 1 N–H and O–H groups in total. The lowest BCUT2D eigenvalue weighted by Gasteiger charge is -2.12. The predicted octanol–water partition coefficient (Wildman–Crippen LogP) is 8.16. The van der Waals surface area contributed by atoms with E-state index < -0.39 is 6.10 Å². The van der Waals surface area contributed by atoms with Crippen LogP contribution in [0.5, 0.6) is 0 Å². The standard InChI is InChI=1S/C30H58O5/c1-26(2)20-16-12-8-6-5-7-9-14-18-22-29(32)34-24-28(31)25-35-30(33)23-19-15-11-10-13-17-21-27(3)4/h26-28,31H,5-25H2,1-4H3/t28-/m0/s1. The van der Waals surface area contributed by atoms with Crippen molar-refractivity contribution in [1.29, 1.82) is 0 Å². The third kappa shape index (κ3) is 27.3. The molecule has 0 saturated heterocycles. The van der Waals surface area contributed by atoms with E-state index in [4.69, 9.17) is 9.47 Å². The molecule has 35 heavy (non-hydrogen) atoms. The van der Waals surface area contributed by atoms with Crippen molar-refractivity contribution >= 4 is 11.9 Å². The lowest BCUT2D eigenvalue weighted by atomic mass is 10.0. The quantitative estimate of drug-likeness (QED) is 0.101. The molecule has 0 spiro atoms. The Bertz CT molecular complexity index is 489. The summed E-state index contributed by atoms with van der Waals surface area (Å²) in [4.78, 5) is 23.6. The number of aliphatic hydroxyl groups excluding tert-OH is 1. The number of hydrogen-bond acceptors (Lipinski definition) is 5. The van der Waals surface area contributed by atoms with Gasteiger partial charge >= 0.3 is 11.9 Å². The summed E-state index contributed by atoms with van der Waals surface area (Å²) < 4.78 is 10.2. The number of unbranched alkanes of at least 4 members (excludes halogenated alkanes) is 13. The average Bonchev–Trinajstić information content (AvgIpc) is 2.81. The van der Waals surface area contributed by atoms with Gasteiger partial charge in [0.05, 0.1) is 0 Å². The topological polar surface area (TPSA) is 72.8 Å². The van der Waals surface area contributed by atoms with Crippen LogP contribution in [0.1, 0.15) is 150 Å². The Morgan fingerprint density at radius 1 is 0.514 bits per heavy atom. The Morgan fingerprint density at radius 2 is 0.800 bits per heavy atom. The Hall–Kier alpha value is -1.10. The van der Waals surface area contributed by atoms with Gasteiger partial charge in [0.25, 0.3) is 0 Å². The van der Waals surface area contributed by atoms with Crippen molar-refractivity contribution < 1.29 is 24.2 Å². The smallest absolute Gasteiger partial charge is 0.305 e. The zero-order chi connectivity index (χ0) is 26.2. The molecule has 0 bridgehead atoms. The van der Waals surface area contributed by atoms with E-state index in [9.17, 15) is 14.7 Å². The van der Waals surface area contributed by atoms with E-state index in [1.165, 1.54) is 70.6 Å². The molecule has 0 radical (unpaired) electrons. The number of carbonyl (C=O) groups is 2. The molecule has 0 aromatic heterocycles. The zero-order valence-corrected chi connectivity index (χ0v) is 23.7. The number of aliphatic hydroxyl groups is 1. The third-order valence-corrected chi connectivity index (χ3v) is 6.45. The van der Waals surface area contributed by atoms with Gasteiger partial charge in [0.15, 0.2) is 0 Å². The van der Waals surface area contributed by atoms with Gasteiger partial charge in [0.2, 0.25) is 0 Å². The highest BCUT2D eigenvalue weighted by molar-refractivity contribution is 5.69. The summed E-state index contributed by atoms with van der Waals surface area (Å²) in [5, 5.41) is 9.90. The van der Waals surface area contributed by atoms with Crippen molar-refractivity contribution in [2.45, 2.75) is 156 Å². The number of carbonyl (C=O) groups excluding carboxylic acids is 2. The second-order valence-corrected chi connectivity index (χ2v) is 11.2. The molecule has 0 aliphatic carbocycles. The fourth-order valence-electron chi connectivity index (χ4n) is 4.16. The monoisotopic (exact) mass is 498 g/mol. The largest absolute Gasteiger partial charge is 0.463 e. The van der Waals surface area contributed by atoms with Crippen LogP contribution in [-0.2, 0) is 19.1 Å². The predicted molar refractivity (Wildman–Crippen MR) is 145 cm³/mol. The van der Waals surface area contributed by atoms with E-state index in [0.29, 0.717) is 12.8 Å². The van der Waals surface area contributed by atoms with Gasteiger partial charge in [-0.05, 0) is 24.7 Å². The summed E-state index contributed by atoms with van der Waals surface area (Å²) in [5.74, 6) is 1.03. The molecule has 0 aliphatic rings. The molecule has 0 heterocycles. The lowest BCUT2D eigenvalue weighted by Crippen LogP contribution is -2.25. The van der Waals surface area contributed by atoms with Crippen LogP contribution >= 0.6 is 0 Å². The summed E-state index contributed by atoms with van der Waals surface area (Å²) in [6.45, 7) is 8.86. The Balaban J connectivity index is 3.45. The number of ether oxygens (including phenoxy) is 2. The van der Waals surface area contributed by atoms with E-state index in [0.717, 1.165) is 50.4 Å². The second-order valence-electron chi connectivity index (χ2n) is 11.2. The van der Waals surface area contributed by atoms with Crippen molar-refractivity contribution in [2.75, 3.05) is 13.2 Å². The first-order valence-corrected chi connectivity index (χ1v) is 14.8. The highest BCUT2D eigenvalue weighted by Crippen LogP contribution is 2.14. The van der Waals surface area contributed by atoms with Crippen LogP contribution in [0.25, 0.3) is 0 Å². The van der Waals surface area contributed by atoms with Gasteiger partial charge in [0, 0.05) is 12.8 Å². The fraction of sp³-hybridized carbons (Fsp3) is 0.933. The van der Waals surface area contributed by atoms with Crippen LogP contribution in [0.4, 0.5) is 0 Å². The van der Waals surface area contributed by atoms with Gasteiger partial charge in [-0.1, -0.05) is 124 Å². The highest BCUT2D eigenvalue weighted by atomic mass is 16.6. The maximum Gasteiger partial charge on any atom is 0.305 e. The number of esters is 2. The third-order valence-electron chi connectivity index (χ3n) is 6.45. The van der Waals surface area contributed by atoms with Gasteiger partial charge in [-0.2, -0.15) is 0 Å². The minimum absolute atomic E-state index is 0.112. The lowest BCUT2D eigenvalue weighted by molar-refractivity contribution is -0.152. The first kappa shape index (κ1) is 33.9. The van der Waals surface area contributed by atoms with Crippen LogP contribution in [0.3, 0.4) is 0 Å². The van der Waals surface area contributed by atoms with Gasteiger partial charge in [-0.3, -0.25) is 9.59 Å².